The molecule has 16 heavy (non-hydrogen) atoms. The lowest BCUT2D eigenvalue weighted by Crippen LogP contribution is -2.10. The average molecular weight is 223 g/mol. The minimum absolute atomic E-state index is 0.0875. The summed E-state index contributed by atoms with van der Waals surface area (Å²) in [6.07, 6.45) is 9.10. The molecule has 0 aliphatic rings. The SMILES string of the molecule is CCCCC(CC)Cn1cc(C(C)N)cn1. The van der Waals surface area contributed by atoms with Crippen molar-refractivity contribution in [1.29, 1.82) is 0 Å². The third kappa shape index (κ3) is 3.97. The van der Waals surface area contributed by atoms with Crippen molar-refractivity contribution in [2.45, 2.75) is 59.0 Å². The molecular formula is C13H25N3. The molecule has 3 nitrogen and oxygen atoms in total. The first-order chi connectivity index (χ1) is 7.67. The summed E-state index contributed by atoms with van der Waals surface area (Å²) in [6.45, 7) is 7.53. The van der Waals surface area contributed by atoms with Gasteiger partial charge in [-0.1, -0.05) is 33.1 Å². The summed E-state index contributed by atoms with van der Waals surface area (Å²) in [6, 6.07) is 0.0875. The van der Waals surface area contributed by atoms with Crippen molar-refractivity contribution in [1.82, 2.24) is 9.78 Å². The van der Waals surface area contributed by atoms with Gasteiger partial charge in [0.25, 0.3) is 0 Å². The highest BCUT2D eigenvalue weighted by atomic mass is 15.3. The van der Waals surface area contributed by atoms with Gasteiger partial charge in [0.1, 0.15) is 0 Å². The highest BCUT2D eigenvalue weighted by Crippen LogP contribution is 2.16. The molecule has 1 aromatic heterocycles. The van der Waals surface area contributed by atoms with Gasteiger partial charge in [-0.15, -0.1) is 0 Å². The first kappa shape index (κ1) is 13.2. The van der Waals surface area contributed by atoms with Gasteiger partial charge in [0.15, 0.2) is 0 Å². The van der Waals surface area contributed by atoms with E-state index in [0.29, 0.717) is 0 Å². The van der Waals surface area contributed by atoms with Crippen LogP contribution in [-0.4, -0.2) is 9.78 Å². The average Bonchev–Trinajstić information content (AvgIpc) is 2.72. The number of hydrogen-bond donors (Lipinski definition) is 1. The Kier molecular flexibility index (Phi) is 5.53. The standard InChI is InChI=1S/C13H25N3/c1-4-6-7-12(5-2)9-16-10-13(8-15-16)11(3)14/h8,10-12H,4-7,9,14H2,1-3H3. The number of unbranched alkanes of at least 4 members (excludes halogenated alkanes) is 1. The Morgan fingerprint density at radius 1 is 1.44 bits per heavy atom. The highest BCUT2D eigenvalue weighted by Gasteiger charge is 2.09. The van der Waals surface area contributed by atoms with Gasteiger partial charge in [0.05, 0.1) is 6.20 Å². The molecule has 0 fully saturated rings. The molecular weight excluding hydrogens is 198 g/mol. The minimum Gasteiger partial charge on any atom is -0.324 e. The smallest absolute Gasteiger partial charge is 0.0537 e. The Morgan fingerprint density at radius 3 is 2.69 bits per heavy atom. The number of aromatic nitrogens is 2. The Bertz CT molecular complexity index is 291. The first-order valence-corrected chi connectivity index (χ1v) is 6.45. The third-order valence-electron chi connectivity index (χ3n) is 3.17. The molecule has 1 rings (SSSR count). The molecule has 0 aliphatic heterocycles. The van der Waals surface area contributed by atoms with Crippen LogP contribution >= 0.6 is 0 Å². The quantitative estimate of drug-likeness (QED) is 0.772. The summed E-state index contributed by atoms with van der Waals surface area (Å²) in [5.41, 5.74) is 6.95. The van der Waals surface area contributed by atoms with Crippen molar-refractivity contribution >= 4 is 0 Å². The number of rotatable bonds is 7. The van der Waals surface area contributed by atoms with E-state index in [9.17, 15) is 0 Å². The molecule has 2 unspecified atom stereocenters. The minimum atomic E-state index is 0.0875. The monoisotopic (exact) mass is 223 g/mol. The van der Waals surface area contributed by atoms with Gasteiger partial charge in [0, 0.05) is 24.3 Å². The van der Waals surface area contributed by atoms with E-state index in [4.69, 9.17) is 5.73 Å². The Labute approximate surface area is 99.0 Å². The molecule has 0 spiro atoms. The van der Waals surface area contributed by atoms with Crippen molar-refractivity contribution in [3.63, 3.8) is 0 Å². The van der Waals surface area contributed by atoms with Gasteiger partial charge < -0.3 is 5.73 Å². The van der Waals surface area contributed by atoms with Crippen molar-refractivity contribution in [2.75, 3.05) is 0 Å². The molecule has 0 saturated heterocycles. The van der Waals surface area contributed by atoms with Crippen molar-refractivity contribution in [2.24, 2.45) is 11.7 Å². The Balaban J connectivity index is 2.49. The van der Waals surface area contributed by atoms with Crippen LogP contribution in [0.1, 0.15) is 58.1 Å². The lowest BCUT2D eigenvalue weighted by atomic mass is 9.99. The van der Waals surface area contributed by atoms with E-state index in [-0.39, 0.29) is 6.04 Å². The second kappa shape index (κ2) is 6.69. The summed E-state index contributed by atoms with van der Waals surface area (Å²) < 4.78 is 2.04. The highest BCUT2D eigenvalue weighted by molar-refractivity contribution is 5.08. The Hall–Kier alpha value is -0.830. The number of nitrogens with zero attached hydrogens (tertiary/aromatic N) is 2. The van der Waals surface area contributed by atoms with Gasteiger partial charge in [-0.3, -0.25) is 4.68 Å². The fraction of sp³-hybridized carbons (Fsp3) is 0.769. The van der Waals surface area contributed by atoms with E-state index in [0.717, 1.165) is 18.0 Å². The van der Waals surface area contributed by atoms with Crippen LogP contribution in [0.25, 0.3) is 0 Å². The normalized spacial score (nSPS) is 15.0. The fourth-order valence-electron chi connectivity index (χ4n) is 1.90. The van der Waals surface area contributed by atoms with E-state index in [1.165, 1.54) is 25.7 Å². The van der Waals surface area contributed by atoms with Gasteiger partial charge >= 0.3 is 0 Å². The second-order valence-electron chi connectivity index (χ2n) is 4.70. The molecule has 0 bridgehead atoms. The molecule has 2 N–H and O–H groups in total. The topological polar surface area (TPSA) is 43.8 Å². The zero-order valence-electron chi connectivity index (χ0n) is 10.8. The molecule has 1 aromatic rings. The van der Waals surface area contributed by atoms with Gasteiger partial charge in [0.2, 0.25) is 0 Å². The lowest BCUT2D eigenvalue weighted by molar-refractivity contribution is 0.372. The zero-order valence-corrected chi connectivity index (χ0v) is 10.8. The maximum absolute atomic E-state index is 5.82. The summed E-state index contributed by atoms with van der Waals surface area (Å²) in [4.78, 5) is 0. The predicted octanol–water partition coefficient (Wildman–Crippen LogP) is 3.12. The molecule has 0 amide bonds. The van der Waals surface area contributed by atoms with Gasteiger partial charge in [-0.2, -0.15) is 5.10 Å². The van der Waals surface area contributed by atoms with Crippen LogP contribution in [0.5, 0.6) is 0 Å². The van der Waals surface area contributed by atoms with Gasteiger partial charge in [-0.05, 0) is 19.3 Å². The maximum atomic E-state index is 5.82. The van der Waals surface area contributed by atoms with Gasteiger partial charge in [-0.25, -0.2) is 0 Å². The summed E-state index contributed by atoms with van der Waals surface area (Å²) >= 11 is 0. The number of hydrogen-bond acceptors (Lipinski definition) is 2. The van der Waals surface area contributed by atoms with Crippen molar-refractivity contribution in [3.05, 3.63) is 18.0 Å². The van der Waals surface area contributed by atoms with Crippen LogP contribution in [0.15, 0.2) is 12.4 Å². The third-order valence-corrected chi connectivity index (χ3v) is 3.17. The molecule has 0 saturated carbocycles. The van der Waals surface area contributed by atoms with Crippen LogP contribution in [0.3, 0.4) is 0 Å². The van der Waals surface area contributed by atoms with Crippen LogP contribution in [0.2, 0.25) is 0 Å². The molecule has 2 atom stereocenters. The molecule has 0 aliphatic carbocycles. The summed E-state index contributed by atoms with van der Waals surface area (Å²) in [7, 11) is 0. The first-order valence-electron chi connectivity index (χ1n) is 6.45. The molecule has 0 aromatic carbocycles. The molecule has 3 heteroatoms. The van der Waals surface area contributed by atoms with E-state index >= 15 is 0 Å². The van der Waals surface area contributed by atoms with E-state index < -0.39 is 0 Å². The van der Waals surface area contributed by atoms with Crippen LogP contribution < -0.4 is 5.73 Å². The largest absolute Gasteiger partial charge is 0.324 e. The van der Waals surface area contributed by atoms with Crippen LogP contribution in [-0.2, 0) is 6.54 Å². The molecule has 0 radical (unpaired) electrons. The van der Waals surface area contributed by atoms with Crippen LogP contribution in [0.4, 0.5) is 0 Å². The van der Waals surface area contributed by atoms with E-state index in [2.05, 4.69) is 25.1 Å². The predicted molar refractivity (Wildman–Crippen MR) is 68.1 cm³/mol. The maximum Gasteiger partial charge on any atom is 0.0537 e. The molecule has 1 heterocycles. The zero-order chi connectivity index (χ0) is 12.0. The molecule has 92 valence electrons. The number of nitrogens with two attached hydrogens (primary N) is 1. The second-order valence-corrected chi connectivity index (χ2v) is 4.70. The lowest BCUT2D eigenvalue weighted by Gasteiger charge is -2.14. The van der Waals surface area contributed by atoms with E-state index in [1.54, 1.807) is 0 Å². The van der Waals surface area contributed by atoms with Crippen molar-refractivity contribution in [3.8, 4) is 0 Å². The Morgan fingerprint density at radius 2 is 2.19 bits per heavy atom. The summed E-state index contributed by atoms with van der Waals surface area (Å²) in [5, 5.41) is 4.37. The summed E-state index contributed by atoms with van der Waals surface area (Å²) in [5.74, 6) is 0.751. The fourth-order valence-corrected chi connectivity index (χ4v) is 1.90. The van der Waals surface area contributed by atoms with Crippen LogP contribution in [0, 0.1) is 5.92 Å². The van der Waals surface area contributed by atoms with E-state index in [1.807, 2.05) is 17.8 Å². The van der Waals surface area contributed by atoms with Crippen molar-refractivity contribution < 1.29 is 0 Å².